The Morgan fingerprint density at radius 1 is 1.16 bits per heavy atom. The van der Waals surface area contributed by atoms with Gasteiger partial charge in [0.25, 0.3) is 0 Å². The first-order chi connectivity index (χ1) is 9.10. The molecule has 19 heavy (non-hydrogen) atoms. The summed E-state index contributed by atoms with van der Waals surface area (Å²) in [5.41, 5.74) is 0. The minimum absolute atomic E-state index is 0.107. The van der Waals surface area contributed by atoms with Crippen LogP contribution in [0.25, 0.3) is 0 Å². The van der Waals surface area contributed by atoms with Gasteiger partial charge in [-0.15, -0.1) is 0 Å². The molecule has 1 aliphatic carbocycles. The number of barbiturate groups is 1. The Kier molecular flexibility index (Phi) is 4.22. The largest absolute Gasteiger partial charge is 0.331 e. The van der Waals surface area contributed by atoms with Gasteiger partial charge in [0.15, 0.2) is 0 Å². The summed E-state index contributed by atoms with van der Waals surface area (Å²) in [5, 5.41) is 2.36. The van der Waals surface area contributed by atoms with Gasteiger partial charge < -0.3 is 0 Å². The van der Waals surface area contributed by atoms with Crippen LogP contribution in [0.3, 0.4) is 0 Å². The van der Waals surface area contributed by atoms with E-state index in [9.17, 15) is 14.4 Å². The van der Waals surface area contributed by atoms with Gasteiger partial charge in [0.1, 0.15) is 5.92 Å². The van der Waals surface area contributed by atoms with Crippen molar-refractivity contribution in [1.82, 2.24) is 10.2 Å². The Balaban J connectivity index is 2.22. The van der Waals surface area contributed by atoms with Gasteiger partial charge in [-0.05, 0) is 31.6 Å². The van der Waals surface area contributed by atoms with E-state index in [2.05, 4.69) is 5.32 Å². The molecule has 0 aromatic rings. The molecule has 1 aliphatic heterocycles. The molecule has 1 heterocycles. The number of imide groups is 2. The first-order valence-corrected chi connectivity index (χ1v) is 7.28. The summed E-state index contributed by atoms with van der Waals surface area (Å²) in [6.45, 7) is 3.91. The van der Waals surface area contributed by atoms with Crippen LogP contribution in [0.2, 0.25) is 0 Å². The number of carbonyl (C=O) groups is 3. The molecule has 5 heteroatoms. The van der Waals surface area contributed by atoms with E-state index >= 15 is 0 Å². The average molecular weight is 266 g/mol. The lowest BCUT2D eigenvalue weighted by atomic mass is 9.87. The summed E-state index contributed by atoms with van der Waals surface area (Å²) >= 11 is 0. The van der Waals surface area contributed by atoms with Crippen molar-refractivity contribution < 1.29 is 14.4 Å². The highest BCUT2D eigenvalue weighted by Crippen LogP contribution is 2.34. The van der Waals surface area contributed by atoms with E-state index < -0.39 is 17.9 Å². The van der Waals surface area contributed by atoms with Crippen molar-refractivity contribution in [2.45, 2.75) is 58.4 Å². The zero-order valence-corrected chi connectivity index (χ0v) is 11.6. The molecule has 0 spiro atoms. The predicted octanol–water partition coefficient (Wildman–Crippen LogP) is 2.06. The molecular weight excluding hydrogens is 244 g/mol. The lowest BCUT2D eigenvalue weighted by molar-refractivity contribution is -0.146. The van der Waals surface area contributed by atoms with Gasteiger partial charge in [-0.3, -0.25) is 19.8 Å². The second-order valence-corrected chi connectivity index (χ2v) is 5.50. The van der Waals surface area contributed by atoms with Crippen molar-refractivity contribution in [2.75, 3.05) is 0 Å². The summed E-state index contributed by atoms with van der Waals surface area (Å²) in [4.78, 5) is 37.7. The normalized spacial score (nSPS) is 25.3. The van der Waals surface area contributed by atoms with E-state index in [0.717, 1.165) is 38.5 Å². The number of carbonyl (C=O) groups excluding carboxylic acids is 3. The molecule has 1 N–H and O–H groups in total. The van der Waals surface area contributed by atoms with Gasteiger partial charge >= 0.3 is 6.03 Å². The molecule has 1 saturated heterocycles. The van der Waals surface area contributed by atoms with Crippen LogP contribution in [0.5, 0.6) is 0 Å². The summed E-state index contributed by atoms with van der Waals surface area (Å²) in [6.07, 6.45) is 5.41. The first kappa shape index (κ1) is 14.0. The molecule has 4 amide bonds. The zero-order chi connectivity index (χ0) is 14.0. The fourth-order valence-electron chi connectivity index (χ4n) is 3.31. The lowest BCUT2D eigenvalue weighted by Gasteiger charge is -2.36. The molecule has 0 aromatic carbocycles. The van der Waals surface area contributed by atoms with Crippen molar-refractivity contribution >= 4 is 17.8 Å². The summed E-state index contributed by atoms with van der Waals surface area (Å²) in [6, 6.07) is -0.651. The Hall–Kier alpha value is -1.39. The molecule has 0 radical (unpaired) electrons. The molecule has 2 fully saturated rings. The van der Waals surface area contributed by atoms with Gasteiger partial charge in [0, 0.05) is 6.04 Å². The van der Waals surface area contributed by atoms with Crippen LogP contribution in [-0.2, 0) is 9.59 Å². The molecule has 2 aliphatic rings. The van der Waals surface area contributed by atoms with Crippen LogP contribution >= 0.6 is 0 Å². The highest BCUT2D eigenvalue weighted by Gasteiger charge is 2.46. The van der Waals surface area contributed by atoms with Crippen LogP contribution in [-0.4, -0.2) is 28.8 Å². The number of nitrogens with zero attached hydrogens (tertiary/aromatic N) is 1. The van der Waals surface area contributed by atoms with E-state index in [0.29, 0.717) is 0 Å². The summed E-state index contributed by atoms with van der Waals surface area (Å²) in [5.74, 6) is -1.23. The van der Waals surface area contributed by atoms with Gasteiger partial charge in [-0.1, -0.05) is 26.7 Å². The maximum absolute atomic E-state index is 12.5. The molecule has 0 aromatic heterocycles. The number of hydrogen-bond donors (Lipinski definition) is 1. The topological polar surface area (TPSA) is 66.5 Å². The molecule has 5 nitrogen and oxygen atoms in total. The Labute approximate surface area is 113 Å². The fraction of sp³-hybridized carbons (Fsp3) is 0.786. The molecule has 2 rings (SSSR count). The SMILES string of the molecule is CCC(CC)N1C(=O)NC(=O)C(C2CCCC2)C1=O. The molecule has 106 valence electrons. The number of rotatable bonds is 4. The molecule has 1 unspecified atom stereocenters. The van der Waals surface area contributed by atoms with Crippen molar-refractivity contribution in [1.29, 1.82) is 0 Å². The lowest BCUT2D eigenvalue weighted by Crippen LogP contribution is -2.62. The van der Waals surface area contributed by atoms with E-state index in [-0.39, 0.29) is 17.9 Å². The highest BCUT2D eigenvalue weighted by atomic mass is 16.2. The average Bonchev–Trinajstić information content (AvgIpc) is 2.87. The smallest absolute Gasteiger partial charge is 0.277 e. The predicted molar refractivity (Wildman–Crippen MR) is 70.2 cm³/mol. The zero-order valence-electron chi connectivity index (χ0n) is 11.6. The first-order valence-electron chi connectivity index (χ1n) is 7.28. The summed E-state index contributed by atoms with van der Waals surface area (Å²) < 4.78 is 0. The minimum Gasteiger partial charge on any atom is -0.277 e. The van der Waals surface area contributed by atoms with Crippen molar-refractivity contribution in [3.05, 3.63) is 0 Å². The Morgan fingerprint density at radius 2 is 1.74 bits per heavy atom. The number of amides is 4. The van der Waals surface area contributed by atoms with E-state index in [4.69, 9.17) is 0 Å². The highest BCUT2D eigenvalue weighted by molar-refractivity contribution is 6.16. The maximum atomic E-state index is 12.5. The third-order valence-corrected chi connectivity index (χ3v) is 4.41. The van der Waals surface area contributed by atoms with Gasteiger partial charge in [-0.2, -0.15) is 0 Å². The van der Waals surface area contributed by atoms with E-state index in [1.165, 1.54) is 4.90 Å². The van der Waals surface area contributed by atoms with Crippen molar-refractivity contribution in [3.8, 4) is 0 Å². The summed E-state index contributed by atoms with van der Waals surface area (Å²) in [7, 11) is 0. The fourth-order valence-corrected chi connectivity index (χ4v) is 3.31. The molecule has 1 atom stereocenters. The Morgan fingerprint density at radius 3 is 2.26 bits per heavy atom. The van der Waals surface area contributed by atoms with Crippen LogP contribution in [0.4, 0.5) is 4.79 Å². The van der Waals surface area contributed by atoms with E-state index in [1.54, 1.807) is 0 Å². The van der Waals surface area contributed by atoms with Crippen LogP contribution in [0.15, 0.2) is 0 Å². The van der Waals surface area contributed by atoms with Crippen LogP contribution in [0.1, 0.15) is 52.4 Å². The molecular formula is C14H22N2O3. The third kappa shape index (κ3) is 2.51. The second kappa shape index (κ2) is 5.72. The van der Waals surface area contributed by atoms with E-state index in [1.807, 2.05) is 13.8 Å². The molecule has 0 bridgehead atoms. The third-order valence-electron chi connectivity index (χ3n) is 4.41. The Bertz CT molecular complexity index is 362. The standard InChI is InChI=1S/C14H22N2O3/c1-3-10(4-2)16-13(18)11(9-7-5-6-8-9)12(17)15-14(16)19/h9-11H,3-8H2,1-2H3,(H,15,17,19). The van der Waals surface area contributed by atoms with Crippen LogP contribution in [0, 0.1) is 11.8 Å². The number of hydrogen-bond acceptors (Lipinski definition) is 3. The van der Waals surface area contributed by atoms with Crippen molar-refractivity contribution in [2.24, 2.45) is 11.8 Å². The second-order valence-electron chi connectivity index (χ2n) is 5.50. The monoisotopic (exact) mass is 266 g/mol. The number of nitrogens with one attached hydrogen (secondary N) is 1. The quantitative estimate of drug-likeness (QED) is 0.792. The van der Waals surface area contributed by atoms with Crippen molar-refractivity contribution in [3.63, 3.8) is 0 Å². The van der Waals surface area contributed by atoms with Gasteiger partial charge in [0.05, 0.1) is 0 Å². The van der Waals surface area contributed by atoms with Gasteiger partial charge in [-0.25, -0.2) is 4.79 Å². The minimum atomic E-state index is -0.652. The number of urea groups is 1. The molecule has 1 saturated carbocycles. The van der Waals surface area contributed by atoms with Crippen LogP contribution < -0.4 is 5.32 Å². The maximum Gasteiger partial charge on any atom is 0.331 e. The van der Waals surface area contributed by atoms with Gasteiger partial charge in [0.2, 0.25) is 11.8 Å².